The van der Waals surface area contributed by atoms with E-state index < -0.39 is 11.9 Å². The highest BCUT2D eigenvalue weighted by Crippen LogP contribution is 2.33. The Morgan fingerprint density at radius 1 is 1.04 bits per heavy atom. The molecule has 2 aromatic carbocycles. The van der Waals surface area contributed by atoms with Crippen molar-refractivity contribution < 1.29 is 33.0 Å². The molecule has 3 amide bonds. The minimum atomic E-state index is -0.661. The minimum absolute atomic E-state index is 0.0962. The second kappa shape index (κ2) is 12.5. The topological polar surface area (TPSA) is 110 Å². The number of methoxy groups -OCH3 is 1. The number of aromatic nitrogens is 1. The third kappa shape index (κ3) is 6.04. The van der Waals surface area contributed by atoms with Gasteiger partial charge in [-0.15, -0.1) is 0 Å². The van der Waals surface area contributed by atoms with Gasteiger partial charge in [-0.3, -0.25) is 24.6 Å². The fourth-order valence-corrected chi connectivity index (χ4v) is 7.20. The molecule has 5 heterocycles. The van der Waals surface area contributed by atoms with Gasteiger partial charge in [0.2, 0.25) is 11.8 Å². The van der Waals surface area contributed by atoms with Crippen LogP contribution in [0.2, 0.25) is 0 Å². The van der Waals surface area contributed by atoms with E-state index in [4.69, 9.17) is 19.2 Å². The van der Waals surface area contributed by atoms with Crippen molar-refractivity contribution in [1.82, 2.24) is 20.1 Å². The Hall–Kier alpha value is -3.93. The summed E-state index contributed by atoms with van der Waals surface area (Å²) in [6.07, 6.45) is 2.18. The van der Waals surface area contributed by atoms with Gasteiger partial charge < -0.3 is 19.1 Å². The molecular weight excluding hydrogens is 579 g/mol. The lowest BCUT2D eigenvalue weighted by Crippen LogP contribution is -2.52. The van der Waals surface area contributed by atoms with E-state index in [1.807, 2.05) is 24.3 Å². The van der Waals surface area contributed by atoms with Crippen LogP contribution in [0.4, 0.5) is 4.39 Å². The summed E-state index contributed by atoms with van der Waals surface area (Å²) in [7, 11) is 1.67. The lowest BCUT2D eigenvalue weighted by atomic mass is 9.95. The summed E-state index contributed by atoms with van der Waals surface area (Å²) in [6.45, 7) is 4.15. The minimum Gasteiger partial charge on any atom is -0.489 e. The molecule has 11 heteroatoms. The van der Waals surface area contributed by atoms with Crippen molar-refractivity contribution in [1.29, 1.82) is 0 Å². The smallest absolute Gasteiger partial charge is 0.255 e. The monoisotopic (exact) mass is 616 g/mol. The number of halogens is 1. The fraction of sp³-hybridized carbons (Fsp3) is 0.471. The molecule has 236 valence electrons. The van der Waals surface area contributed by atoms with Crippen molar-refractivity contribution in [2.75, 3.05) is 40.0 Å². The number of carbonyl (C=O) groups excluding carboxylic acids is 3. The molecule has 0 spiro atoms. The number of piperidine rings is 1. The molecule has 3 atom stereocenters. The Morgan fingerprint density at radius 2 is 1.89 bits per heavy atom. The van der Waals surface area contributed by atoms with E-state index in [1.165, 1.54) is 4.90 Å². The van der Waals surface area contributed by atoms with Crippen molar-refractivity contribution in [3.63, 3.8) is 0 Å². The standard InChI is InChI=1S/C34H37FN4O6/c1-43-19-24-16-38(15-20-12-22-2-5-28(21-8-10-44-11-9-21)36-32(22)27(35)13-20)18-30(24)45-25-3-4-26-23(14-25)17-39(34(26)42)29-6-7-31(40)37-33(29)41/h2-5,12-14,21,24,29-30H,6-11,15-19H2,1H3,(H,37,40,41)/t24-,29+,30-/m1/s1. The molecule has 0 radical (unpaired) electrons. The van der Waals surface area contributed by atoms with E-state index in [2.05, 4.69) is 10.2 Å². The van der Waals surface area contributed by atoms with Crippen LogP contribution in [0.25, 0.3) is 10.9 Å². The zero-order chi connectivity index (χ0) is 31.1. The number of carbonyl (C=O) groups is 3. The molecule has 0 aliphatic carbocycles. The number of hydrogen-bond donors (Lipinski definition) is 1. The lowest BCUT2D eigenvalue weighted by Gasteiger charge is -2.29. The van der Waals surface area contributed by atoms with Gasteiger partial charge in [0.25, 0.3) is 5.91 Å². The third-order valence-corrected chi connectivity index (χ3v) is 9.49. The van der Waals surface area contributed by atoms with Crippen LogP contribution in [-0.2, 0) is 32.2 Å². The van der Waals surface area contributed by atoms with Gasteiger partial charge in [0, 0.05) is 81.4 Å². The van der Waals surface area contributed by atoms with E-state index in [0.717, 1.165) is 41.6 Å². The Morgan fingerprint density at radius 3 is 2.69 bits per heavy atom. The normalized spacial score (nSPS) is 24.4. The predicted octanol–water partition coefficient (Wildman–Crippen LogP) is 3.55. The zero-order valence-corrected chi connectivity index (χ0v) is 25.3. The number of hydrogen-bond acceptors (Lipinski definition) is 8. The summed E-state index contributed by atoms with van der Waals surface area (Å²) in [5, 5.41) is 3.13. The van der Waals surface area contributed by atoms with Crippen molar-refractivity contribution in [2.45, 2.75) is 56.8 Å². The van der Waals surface area contributed by atoms with Crippen LogP contribution in [0.5, 0.6) is 5.75 Å². The fourth-order valence-electron chi connectivity index (χ4n) is 7.20. The Bertz CT molecular complexity index is 1640. The maximum Gasteiger partial charge on any atom is 0.255 e. The molecule has 10 nitrogen and oxygen atoms in total. The van der Waals surface area contributed by atoms with Gasteiger partial charge in [0.15, 0.2) is 0 Å². The van der Waals surface area contributed by atoms with Crippen LogP contribution >= 0.6 is 0 Å². The highest BCUT2D eigenvalue weighted by Gasteiger charge is 2.40. The number of fused-ring (bicyclic) bond motifs is 2. The molecule has 0 saturated carbocycles. The molecule has 1 N–H and O–H groups in total. The average molecular weight is 617 g/mol. The summed E-state index contributed by atoms with van der Waals surface area (Å²) in [4.78, 5) is 45.6. The van der Waals surface area contributed by atoms with Crippen molar-refractivity contribution >= 4 is 28.6 Å². The molecule has 45 heavy (non-hydrogen) atoms. The first-order chi connectivity index (χ1) is 21.9. The number of likely N-dealkylation sites (tertiary alicyclic amines) is 1. The molecule has 4 aliphatic rings. The van der Waals surface area contributed by atoms with Crippen molar-refractivity contribution in [3.8, 4) is 5.75 Å². The largest absolute Gasteiger partial charge is 0.489 e. The Kier molecular flexibility index (Phi) is 8.24. The molecule has 1 aromatic heterocycles. The van der Waals surface area contributed by atoms with Gasteiger partial charge in [0.05, 0.1) is 6.61 Å². The number of ether oxygens (including phenoxy) is 3. The predicted molar refractivity (Wildman–Crippen MR) is 162 cm³/mol. The molecule has 3 fully saturated rings. The van der Waals surface area contributed by atoms with Crippen LogP contribution in [0.15, 0.2) is 42.5 Å². The van der Waals surface area contributed by atoms with Crippen LogP contribution in [0.3, 0.4) is 0 Å². The first kappa shape index (κ1) is 29.8. The number of pyridine rings is 1. The van der Waals surface area contributed by atoms with Gasteiger partial charge in [-0.2, -0.15) is 0 Å². The average Bonchev–Trinajstić information content (AvgIpc) is 3.56. The molecule has 3 aromatic rings. The maximum atomic E-state index is 15.3. The van der Waals surface area contributed by atoms with Gasteiger partial charge in [-0.05, 0) is 66.8 Å². The number of nitrogens with zero attached hydrogens (tertiary/aromatic N) is 3. The van der Waals surface area contributed by atoms with Crippen molar-refractivity contribution in [3.05, 3.63) is 70.7 Å². The first-order valence-electron chi connectivity index (χ1n) is 15.7. The van der Waals surface area contributed by atoms with Crippen LogP contribution < -0.4 is 10.1 Å². The van der Waals surface area contributed by atoms with Gasteiger partial charge in [-0.25, -0.2) is 9.37 Å². The van der Waals surface area contributed by atoms with Gasteiger partial charge in [-0.1, -0.05) is 6.07 Å². The number of imide groups is 1. The molecule has 3 saturated heterocycles. The maximum absolute atomic E-state index is 15.3. The molecule has 4 aliphatic heterocycles. The number of benzene rings is 2. The number of nitrogens with one attached hydrogen (secondary N) is 1. The van der Waals surface area contributed by atoms with E-state index >= 15 is 4.39 Å². The number of rotatable bonds is 8. The van der Waals surface area contributed by atoms with E-state index in [9.17, 15) is 14.4 Å². The van der Waals surface area contributed by atoms with E-state index in [1.54, 1.807) is 25.3 Å². The summed E-state index contributed by atoms with van der Waals surface area (Å²) in [5.41, 5.74) is 3.55. The van der Waals surface area contributed by atoms with Gasteiger partial charge in [0.1, 0.15) is 29.2 Å². The highest BCUT2D eigenvalue weighted by molar-refractivity contribution is 6.05. The number of amides is 3. The third-order valence-electron chi connectivity index (χ3n) is 9.49. The van der Waals surface area contributed by atoms with Crippen molar-refractivity contribution in [2.24, 2.45) is 5.92 Å². The molecule has 0 unspecified atom stereocenters. The summed E-state index contributed by atoms with van der Waals surface area (Å²) < 4.78 is 32.8. The second-order valence-electron chi connectivity index (χ2n) is 12.6. The Balaban J connectivity index is 1.03. The van der Waals surface area contributed by atoms with Crippen LogP contribution in [0.1, 0.15) is 58.8 Å². The molecule has 7 rings (SSSR count). The Labute approximate surface area is 260 Å². The lowest BCUT2D eigenvalue weighted by molar-refractivity contribution is -0.136. The van der Waals surface area contributed by atoms with Crippen LogP contribution in [0, 0.1) is 11.7 Å². The SMILES string of the molecule is COC[C@H]1CN(Cc2cc(F)c3nc(C4CCOCC4)ccc3c2)C[C@H]1Oc1ccc2c(c1)CN([C@H]1CCC(=O)NC1=O)C2=O. The highest BCUT2D eigenvalue weighted by atomic mass is 19.1. The van der Waals surface area contributed by atoms with E-state index in [-0.39, 0.29) is 42.6 Å². The zero-order valence-electron chi connectivity index (χ0n) is 25.3. The first-order valence-corrected chi connectivity index (χ1v) is 15.7. The summed E-state index contributed by atoms with van der Waals surface area (Å²) in [5.74, 6) is -0.225. The van der Waals surface area contributed by atoms with Gasteiger partial charge >= 0.3 is 0 Å². The second-order valence-corrected chi connectivity index (χ2v) is 12.6. The van der Waals surface area contributed by atoms with Crippen LogP contribution in [-0.4, -0.2) is 84.7 Å². The summed E-state index contributed by atoms with van der Waals surface area (Å²) in [6, 6.07) is 12.3. The molecule has 0 bridgehead atoms. The molecular formula is C34H37FN4O6. The quantitative estimate of drug-likeness (QED) is 0.383. The van der Waals surface area contributed by atoms with E-state index in [0.29, 0.717) is 62.1 Å². The summed E-state index contributed by atoms with van der Waals surface area (Å²) >= 11 is 0.